The third kappa shape index (κ3) is 61.5. The fourth-order valence-electron chi connectivity index (χ4n) is 6.60. The number of esters is 8. The Balaban J connectivity index is 0. The minimum Gasteiger partial charge on any atom is -0.465 e. The molecule has 0 saturated carbocycles. The molecule has 1 aliphatic rings. The van der Waals surface area contributed by atoms with Crippen molar-refractivity contribution in [2.75, 3.05) is 195 Å². The van der Waals surface area contributed by atoms with Gasteiger partial charge in [0, 0.05) is 69.0 Å². The Morgan fingerprint density at radius 3 is 0.745 bits per heavy atom. The standard InChI is InChI=1S/C41H68O16S4.C17H28O8S4.C6H10O2/c1-5-13-50-21-33(42)25-58-17-9-37(46)54-29-41(30-55-38(47)10-18-59-26-34(43)22-51-14-6-2,31-56-39(48)11-19-60-27-35(44)23-52-15-7-3)32-57-40(49)12-20-61-28-36(45)24-53-16-8-4;18-13(1-5-26)22-9-17(10-23-14(19)2-6-27,11-24-15(20)3-7-28)12-25-16(21)4-8-29;1-2-3-7-4-6-5-8-6/h5-8,33-36,42-45H,1-4,9-32H2;26-29H,1-12H2;2,6H,1,3-5H2. The number of hydrogen-bond donors (Lipinski definition) is 8. The number of aliphatic hydroxyl groups excluding tert-OH is 4. The fraction of sp³-hybridized carbons (Fsp3) is 0.719. The first-order valence-corrected chi connectivity index (χ1v) is 38.6. The number of rotatable bonds is 64. The third-order valence-corrected chi connectivity index (χ3v) is 17.1. The second kappa shape index (κ2) is 67.1. The van der Waals surface area contributed by atoms with Crippen LogP contribution in [0.5, 0.6) is 0 Å². The number of hydrogen-bond acceptors (Lipinski definition) is 34. The van der Waals surface area contributed by atoms with E-state index < -0.39 is 109 Å². The molecule has 5 unspecified atom stereocenters. The minimum atomic E-state index is -1.49. The lowest BCUT2D eigenvalue weighted by Gasteiger charge is -2.31. The maximum Gasteiger partial charge on any atom is 0.306 e. The fourth-order valence-corrected chi connectivity index (χ4v) is 10.7. The molecule has 4 N–H and O–H groups in total. The van der Waals surface area contributed by atoms with Gasteiger partial charge in [-0.3, -0.25) is 38.4 Å². The molecule has 0 aromatic heterocycles. The zero-order valence-corrected chi connectivity index (χ0v) is 62.9. The molecular formula is C64H106O26S8. The van der Waals surface area contributed by atoms with Crippen molar-refractivity contribution >= 4 is 145 Å². The second-order valence-corrected chi connectivity index (χ2v) is 27.6. The predicted octanol–water partition coefficient (Wildman–Crippen LogP) is 4.91. The van der Waals surface area contributed by atoms with Gasteiger partial charge in [-0.05, 0) is 0 Å². The van der Waals surface area contributed by atoms with E-state index in [2.05, 4.69) is 83.4 Å². The molecule has 1 rings (SSSR count). The molecule has 0 radical (unpaired) electrons. The average molecular weight is 1550 g/mol. The van der Waals surface area contributed by atoms with Gasteiger partial charge in [0.25, 0.3) is 0 Å². The van der Waals surface area contributed by atoms with E-state index in [-0.39, 0.29) is 127 Å². The first-order chi connectivity index (χ1) is 47.1. The van der Waals surface area contributed by atoms with E-state index in [9.17, 15) is 58.8 Å². The van der Waals surface area contributed by atoms with Crippen molar-refractivity contribution in [3.8, 4) is 0 Å². The monoisotopic (exact) mass is 1550 g/mol. The lowest BCUT2D eigenvalue weighted by atomic mass is 9.92. The van der Waals surface area contributed by atoms with Gasteiger partial charge >= 0.3 is 47.8 Å². The summed E-state index contributed by atoms with van der Waals surface area (Å²) in [5.74, 6) is -0.936. The summed E-state index contributed by atoms with van der Waals surface area (Å²) in [6.45, 7) is 18.8. The minimum absolute atomic E-state index is 0.0363. The van der Waals surface area contributed by atoms with Gasteiger partial charge in [-0.2, -0.15) is 97.6 Å². The van der Waals surface area contributed by atoms with Crippen molar-refractivity contribution in [2.45, 2.75) is 81.9 Å². The topological polar surface area (TPSA) is 350 Å². The molecule has 566 valence electrons. The van der Waals surface area contributed by atoms with Crippen LogP contribution in [0.3, 0.4) is 0 Å². The van der Waals surface area contributed by atoms with E-state index in [1.165, 1.54) is 47.0 Å². The third-order valence-electron chi connectivity index (χ3n) is 11.7. The van der Waals surface area contributed by atoms with Gasteiger partial charge in [0.2, 0.25) is 0 Å². The first-order valence-electron chi connectivity index (χ1n) is 31.4. The summed E-state index contributed by atoms with van der Waals surface area (Å²) in [7, 11) is 0. The Bertz CT molecular complexity index is 1910. The van der Waals surface area contributed by atoms with E-state index >= 15 is 0 Å². The van der Waals surface area contributed by atoms with Crippen LogP contribution in [0.25, 0.3) is 0 Å². The van der Waals surface area contributed by atoms with Crippen molar-refractivity contribution in [3.63, 3.8) is 0 Å². The molecule has 0 aliphatic carbocycles. The SMILES string of the molecule is C=CCOCC(O)CSCCC(=O)OCC(COC(=O)CCSCC(O)COCC=C)(COC(=O)CCSCC(O)COCC=C)COC(=O)CCSCC(O)COCC=C.C=CCOCC1CO1.O=C(CCS)OCC(COC(=O)CCS)(COC(=O)CCS)COC(=O)CCS. The van der Waals surface area contributed by atoms with Crippen LogP contribution in [0.1, 0.15) is 51.4 Å². The van der Waals surface area contributed by atoms with E-state index in [0.29, 0.717) is 85.2 Å². The summed E-state index contributed by atoms with van der Waals surface area (Å²) in [6, 6.07) is 0. The van der Waals surface area contributed by atoms with Crippen molar-refractivity contribution in [1.29, 1.82) is 0 Å². The molecule has 34 heteroatoms. The van der Waals surface area contributed by atoms with Crippen LogP contribution < -0.4 is 0 Å². The molecule has 1 aliphatic heterocycles. The number of thiol groups is 4. The van der Waals surface area contributed by atoms with Crippen LogP contribution >= 0.6 is 97.6 Å². The van der Waals surface area contributed by atoms with Crippen LogP contribution in [0.2, 0.25) is 0 Å². The Hall–Kier alpha value is -3.14. The van der Waals surface area contributed by atoms with Crippen molar-refractivity contribution in [1.82, 2.24) is 0 Å². The summed E-state index contributed by atoms with van der Waals surface area (Å²) >= 11 is 21.2. The number of thioether (sulfide) groups is 4. The highest BCUT2D eigenvalue weighted by Crippen LogP contribution is 2.25. The molecule has 0 aromatic carbocycles. The Labute approximate surface area is 616 Å². The maximum absolute atomic E-state index is 12.9. The lowest BCUT2D eigenvalue weighted by Crippen LogP contribution is -2.44. The van der Waals surface area contributed by atoms with Crippen molar-refractivity contribution in [3.05, 3.63) is 63.3 Å². The molecule has 0 spiro atoms. The van der Waals surface area contributed by atoms with Gasteiger partial charge < -0.3 is 86.7 Å². The number of epoxide rings is 1. The quantitative estimate of drug-likeness (QED) is 0.0100. The number of carbonyl (C=O) groups excluding carboxylic acids is 8. The molecule has 1 fully saturated rings. The van der Waals surface area contributed by atoms with Crippen LogP contribution in [-0.4, -0.2) is 293 Å². The summed E-state index contributed by atoms with van der Waals surface area (Å²) < 4.78 is 74.2. The normalized spacial score (nSPS) is 14.1. The highest BCUT2D eigenvalue weighted by Gasteiger charge is 2.39. The van der Waals surface area contributed by atoms with E-state index in [0.717, 1.165) is 13.2 Å². The van der Waals surface area contributed by atoms with Crippen molar-refractivity contribution in [2.24, 2.45) is 10.8 Å². The molecule has 0 amide bonds. The number of aliphatic hydroxyl groups is 4. The molecule has 1 saturated heterocycles. The summed E-state index contributed by atoms with van der Waals surface area (Å²) in [6.07, 6.45) is 5.56. The molecule has 98 heavy (non-hydrogen) atoms. The molecular weight excluding hydrogens is 1440 g/mol. The highest BCUT2D eigenvalue weighted by molar-refractivity contribution is 8.00. The zero-order chi connectivity index (χ0) is 73.3. The average Bonchev–Trinajstić information content (AvgIpc) is 1.00. The summed E-state index contributed by atoms with van der Waals surface area (Å²) in [5, 5.41) is 40.3. The zero-order valence-electron chi connectivity index (χ0n) is 56.1. The summed E-state index contributed by atoms with van der Waals surface area (Å²) in [5.41, 5.74) is -2.75. The predicted molar refractivity (Wildman–Crippen MR) is 393 cm³/mol. The van der Waals surface area contributed by atoms with E-state index in [1.807, 2.05) is 0 Å². The van der Waals surface area contributed by atoms with Gasteiger partial charge in [-0.1, -0.05) is 30.4 Å². The van der Waals surface area contributed by atoms with Crippen LogP contribution in [0.4, 0.5) is 0 Å². The smallest absolute Gasteiger partial charge is 0.306 e. The number of carbonyl (C=O) groups is 8. The second-order valence-electron chi connectivity index (χ2n) is 21.2. The lowest BCUT2D eigenvalue weighted by molar-refractivity contribution is -0.173. The largest absolute Gasteiger partial charge is 0.465 e. The van der Waals surface area contributed by atoms with Crippen LogP contribution in [0.15, 0.2) is 63.3 Å². The molecule has 0 bridgehead atoms. The maximum atomic E-state index is 12.9. The van der Waals surface area contributed by atoms with Crippen molar-refractivity contribution < 1.29 is 125 Å². The highest BCUT2D eigenvalue weighted by atomic mass is 32.2. The van der Waals surface area contributed by atoms with Crippen LogP contribution in [-0.2, 0) is 105 Å². The van der Waals surface area contributed by atoms with E-state index in [1.54, 1.807) is 30.4 Å². The molecule has 5 atom stereocenters. The first kappa shape index (κ1) is 96.9. The Morgan fingerprint density at radius 1 is 0.367 bits per heavy atom. The van der Waals surface area contributed by atoms with Crippen LogP contribution in [0, 0.1) is 10.8 Å². The van der Waals surface area contributed by atoms with Gasteiger partial charge in [-0.25, -0.2) is 0 Å². The van der Waals surface area contributed by atoms with E-state index in [4.69, 9.17) is 66.3 Å². The molecule has 26 nitrogen and oxygen atoms in total. The summed E-state index contributed by atoms with van der Waals surface area (Å²) in [4.78, 5) is 98.9. The van der Waals surface area contributed by atoms with Gasteiger partial charge in [0.05, 0.1) is 148 Å². The molecule has 1 heterocycles. The van der Waals surface area contributed by atoms with Gasteiger partial charge in [0.1, 0.15) is 69.8 Å². The molecule has 0 aromatic rings. The van der Waals surface area contributed by atoms with Gasteiger partial charge in [-0.15, -0.1) is 32.9 Å². The van der Waals surface area contributed by atoms with Gasteiger partial charge in [0.15, 0.2) is 0 Å². The Kier molecular flexibility index (Phi) is 66.3. The Morgan fingerprint density at radius 2 is 0.561 bits per heavy atom. The number of ether oxygens (including phenoxy) is 14.